The van der Waals surface area contributed by atoms with E-state index in [1.807, 2.05) is 54.6 Å². The number of benzene rings is 3. The van der Waals surface area contributed by atoms with E-state index in [9.17, 15) is 14.7 Å². The lowest BCUT2D eigenvalue weighted by Crippen LogP contribution is -2.34. The van der Waals surface area contributed by atoms with Crippen LogP contribution in [0.1, 0.15) is 28.7 Å². The number of likely N-dealkylation sites (tertiary alicyclic amines) is 1. The van der Waals surface area contributed by atoms with Crippen LogP contribution < -0.4 is 14.2 Å². The second-order valence-corrected chi connectivity index (χ2v) is 8.51. The standard InChI is InChI=1S/C27H25NO6/c1-32-20-10-7-18(8-11-20)26-25(27(30)31)21(19-9-12-22-23(14-19)34-16-33-22)15-28(26)24(29)13-17-5-3-2-4-6-17/h2-12,14,21,25-26H,13,15-16H2,1H3,(H,30,31). The van der Waals surface area contributed by atoms with Gasteiger partial charge < -0.3 is 24.2 Å². The number of carboxylic acids is 1. The van der Waals surface area contributed by atoms with Crippen molar-refractivity contribution in [2.24, 2.45) is 5.92 Å². The van der Waals surface area contributed by atoms with Crippen molar-refractivity contribution in [2.75, 3.05) is 20.4 Å². The van der Waals surface area contributed by atoms with E-state index in [1.54, 1.807) is 30.2 Å². The lowest BCUT2D eigenvalue weighted by Gasteiger charge is -2.27. The molecule has 2 aliphatic rings. The molecule has 0 saturated carbocycles. The van der Waals surface area contributed by atoms with Crippen molar-refractivity contribution < 1.29 is 28.9 Å². The van der Waals surface area contributed by atoms with Gasteiger partial charge in [-0.15, -0.1) is 0 Å². The fraction of sp³-hybridized carbons (Fsp3) is 0.259. The summed E-state index contributed by atoms with van der Waals surface area (Å²) in [7, 11) is 1.58. The summed E-state index contributed by atoms with van der Waals surface area (Å²) in [5.74, 6) is -0.385. The minimum absolute atomic E-state index is 0.110. The van der Waals surface area contributed by atoms with Crippen LogP contribution in [0.5, 0.6) is 17.2 Å². The smallest absolute Gasteiger partial charge is 0.309 e. The van der Waals surface area contributed by atoms with Gasteiger partial charge in [0.05, 0.1) is 25.5 Å². The molecule has 7 nitrogen and oxygen atoms in total. The third-order valence-electron chi connectivity index (χ3n) is 6.59. The highest BCUT2D eigenvalue weighted by Gasteiger charge is 2.49. The highest BCUT2D eigenvalue weighted by Crippen LogP contribution is 2.48. The van der Waals surface area contributed by atoms with Crippen LogP contribution >= 0.6 is 0 Å². The van der Waals surface area contributed by atoms with Crippen LogP contribution in [0.3, 0.4) is 0 Å². The number of hydrogen-bond donors (Lipinski definition) is 1. The number of aliphatic carboxylic acids is 1. The van der Waals surface area contributed by atoms with Crippen molar-refractivity contribution in [1.29, 1.82) is 0 Å². The number of rotatable bonds is 6. The van der Waals surface area contributed by atoms with Crippen molar-refractivity contribution in [2.45, 2.75) is 18.4 Å². The Bertz CT molecular complexity index is 1190. The molecule has 3 aromatic rings. The predicted octanol–water partition coefficient (Wildman–Crippen LogP) is 4.03. The third kappa shape index (κ3) is 4.05. The van der Waals surface area contributed by atoms with Gasteiger partial charge in [-0.3, -0.25) is 9.59 Å². The first-order chi connectivity index (χ1) is 16.5. The second-order valence-electron chi connectivity index (χ2n) is 8.51. The van der Waals surface area contributed by atoms with E-state index < -0.39 is 23.8 Å². The van der Waals surface area contributed by atoms with Gasteiger partial charge in [-0.1, -0.05) is 48.5 Å². The second kappa shape index (κ2) is 9.09. The molecule has 5 rings (SSSR count). The maximum atomic E-state index is 13.5. The fourth-order valence-electron chi connectivity index (χ4n) is 4.93. The normalized spacial score (nSPS) is 20.9. The van der Waals surface area contributed by atoms with E-state index in [1.165, 1.54) is 0 Å². The maximum absolute atomic E-state index is 13.5. The molecule has 2 aliphatic heterocycles. The quantitative estimate of drug-likeness (QED) is 0.599. The van der Waals surface area contributed by atoms with E-state index in [0.29, 0.717) is 23.8 Å². The first-order valence-electron chi connectivity index (χ1n) is 11.1. The molecule has 3 unspecified atom stereocenters. The van der Waals surface area contributed by atoms with Crippen molar-refractivity contribution in [3.63, 3.8) is 0 Å². The molecule has 34 heavy (non-hydrogen) atoms. The van der Waals surface area contributed by atoms with Crippen LogP contribution in [0.2, 0.25) is 0 Å². The largest absolute Gasteiger partial charge is 0.497 e. The van der Waals surface area contributed by atoms with Gasteiger partial charge in [-0.25, -0.2) is 0 Å². The van der Waals surface area contributed by atoms with Gasteiger partial charge >= 0.3 is 5.97 Å². The number of carbonyl (C=O) groups excluding carboxylic acids is 1. The number of ether oxygens (including phenoxy) is 3. The number of fused-ring (bicyclic) bond motifs is 1. The van der Waals surface area contributed by atoms with Crippen LogP contribution in [-0.2, 0) is 16.0 Å². The zero-order chi connectivity index (χ0) is 23.7. The monoisotopic (exact) mass is 459 g/mol. The van der Waals surface area contributed by atoms with Crippen LogP contribution in [0.25, 0.3) is 0 Å². The van der Waals surface area contributed by atoms with Crippen molar-refractivity contribution in [1.82, 2.24) is 4.90 Å². The van der Waals surface area contributed by atoms with E-state index in [-0.39, 0.29) is 19.1 Å². The molecule has 0 spiro atoms. The third-order valence-corrected chi connectivity index (χ3v) is 6.59. The molecule has 2 heterocycles. The first kappa shape index (κ1) is 21.8. The van der Waals surface area contributed by atoms with Crippen LogP contribution in [-0.4, -0.2) is 42.3 Å². The Morgan fingerprint density at radius 3 is 2.38 bits per heavy atom. The molecule has 174 valence electrons. The van der Waals surface area contributed by atoms with Crippen molar-refractivity contribution >= 4 is 11.9 Å². The molecule has 7 heteroatoms. The molecule has 0 aromatic heterocycles. The van der Waals surface area contributed by atoms with Gasteiger partial charge in [0, 0.05) is 12.5 Å². The van der Waals surface area contributed by atoms with Gasteiger partial charge in [0.25, 0.3) is 0 Å². The van der Waals surface area contributed by atoms with E-state index in [4.69, 9.17) is 14.2 Å². The molecule has 3 atom stereocenters. The first-order valence-corrected chi connectivity index (χ1v) is 11.1. The van der Waals surface area contributed by atoms with Gasteiger partial charge in [-0.2, -0.15) is 0 Å². The SMILES string of the molecule is COc1ccc(C2C(C(=O)O)C(c3ccc4c(c3)OCO4)CN2C(=O)Cc2ccccc2)cc1. The minimum Gasteiger partial charge on any atom is -0.497 e. The highest BCUT2D eigenvalue weighted by atomic mass is 16.7. The summed E-state index contributed by atoms with van der Waals surface area (Å²) >= 11 is 0. The van der Waals surface area contributed by atoms with E-state index in [0.717, 1.165) is 16.7 Å². The predicted molar refractivity (Wildman–Crippen MR) is 124 cm³/mol. The van der Waals surface area contributed by atoms with Crippen LogP contribution in [0.4, 0.5) is 0 Å². The van der Waals surface area contributed by atoms with Gasteiger partial charge in [0.2, 0.25) is 12.7 Å². The molecular formula is C27H25NO6. The van der Waals surface area contributed by atoms with Crippen molar-refractivity contribution in [3.05, 3.63) is 89.5 Å². The molecule has 1 N–H and O–H groups in total. The molecular weight excluding hydrogens is 434 g/mol. The molecule has 0 aliphatic carbocycles. The molecule has 3 aromatic carbocycles. The van der Waals surface area contributed by atoms with E-state index >= 15 is 0 Å². The average molecular weight is 459 g/mol. The Hall–Kier alpha value is -4.00. The zero-order valence-electron chi connectivity index (χ0n) is 18.7. The Balaban J connectivity index is 1.54. The molecule has 0 bridgehead atoms. The lowest BCUT2D eigenvalue weighted by molar-refractivity contribution is -0.143. The Labute approximate surface area is 197 Å². The minimum atomic E-state index is -0.946. The van der Waals surface area contributed by atoms with Gasteiger partial charge in [-0.05, 0) is 41.0 Å². The number of carbonyl (C=O) groups is 2. The summed E-state index contributed by atoms with van der Waals surface area (Å²) < 4.78 is 16.2. The van der Waals surface area contributed by atoms with Crippen molar-refractivity contribution in [3.8, 4) is 17.2 Å². The molecule has 0 radical (unpaired) electrons. The molecule has 1 fully saturated rings. The van der Waals surface area contributed by atoms with Gasteiger partial charge in [0.1, 0.15) is 5.75 Å². The summed E-state index contributed by atoms with van der Waals surface area (Å²) in [6.07, 6.45) is 0.202. The molecule has 1 saturated heterocycles. The summed E-state index contributed by atoms with van der Waals surface area (Å²) in [6.45, 7) is 0.431. The average Bonchev–Trinajstić information content (AvgIpc) is 3.49. The number of carboxylic acid groups (broad SMARTS) is 1. The zero-order valence-corrected chi connectivity index (χ0v) is 18.7. The number of amides is 1. The molecule has 1 amide bonds. The Kier molecular flexibility index (Phi) is 5.84. The highest BCUT2D eigenvalue weighted by molar-refractivity contribution is 5.82. The van der Waals surface area contributed by atoms with Crippen LogP contribution in [0.15, 0.2) is 72.8 Å². The summed E-state index contributed by atoms with van der Waals surface area (Å²) in [6, 6.07) is 21.6. The van der Waals surface area contributed by atoms with Crippen LogP contribution in [0, 0.1) is 5.92 Å². The number of nitrogens with zero attached hydrogens (tertiary/aromatic N) is 1. The lowest BCUT2D eigenvalue weighted by atomic mass is 9.82. The number of hydrogen-bond acceptors (Lipinski definition) is 5. The maximum Gasteiger partial charge on any atom is 0.309 e. The topological polar surface area (TPSA) is 85.3 Å². The Morgan fingerprint density at radius 1 is 0.971 bits per heavy atom. The summed E-state index contributed by atoms with van der Waals surface area (Å²) in [4.78, 5) is 27.9. The van der Waals surface area contributed by atoms with Gasteiger partial charge in [0.15, 0.2) is 11.5 Å². The number of methoxy groups -OCH3 is 1. The summed E-state index contributed by atoms with van der Waals surface area (Å²) in [5, 5.41) is 10.3. The Morgan fingerprint density at radius 2 is 1.68 bits per heavy atom. The fourth-order valence-corrected chi connectivity index (χ4v) is 4.93. The van der Waals surface area contributed by atoms with E-state index in [2.05, 4.69) is 0 Å². The summed E-state index contributed by atoms with van der Waals surface area (Å²) in [5.41, 5.74) is 2.46.